The van der Waals surface area contributed by atoms with Gasteiger partial charge >= 0.3 is 0 Å². The molecule has 0 aromatic heterocycles. The summed E-state index contributed by atoms with van der Waals surface area (Å²) in [6.45, 7) is 2.16. The molecular weight excluding hydrogens is 202 g/mol. The minimum absolute atomic E-state index is 0.248. The Hall–Kier alpha value is -1.06. The highest BCUT2D eigenvalue weighted by Crippen LogP contribution is 2.22. The first-order valence-corrected chi connectivity index (χ1v) is 5.65. The van der Waals surface area contributed by atoms with E-state index in [-0.39, 0.29) is 6.23 Å². The van der Waals surface area contributed by atoms with Gasteiger partial charge in [-0.05, 0) is 23.6 Å². The molecule has 1 unspecified atom stereocenters. The normalized spacial score (nSPS) is 12.5. The molecule has 2 N–H and O–H groups in total. The van der Waals surface area contributed by atoms with Crippen molar-refractivity contribution in [1.82, 2.24) is 0 Å². The zero-order valence-electron chi connectivity index (χ0n) is 10.3. The van der Waals surface area contributed by atoms with Crippen LogP contribution in [0, 0.1) is 0 Å². The Labute approximate surface area is 97.6 Å². The van der Waals surface area contributed by atoms with Crippen molar-refractivity contribution in [1.29, 1.82) is 0 Å². The quantitative estimate of drug-likeness (QED) is 0.751. The number of aryl methyl sites for hydroxylation is 1. The molecule has 0 heterocycles. The minimum atomic E-state index is -0.248. The van der Waals surface area contributed by atoms with E-state index in [2.05, 4.69) is 19.1 Å². The molecule has 3 nitrogen and oxygen atoms in total. The summed E-state index contributed by atoms with van der Waals surface area (Å²) in [7, 11) is 3.32. The standard InChI is InChI=1S/C13H21NO2/c1-4-5-11-7-6-10(8-12(11)15-2)9-13(14)16-3/h6-8,13H,4-5,9,14H2,1-3H3. The van der Waals surface area contributed by atoms with Gasteiger partial charge in [-0.15, -0.1) is 0 Å². The highest BCUT2D eigenvalue weighted by molar-refractivity contribution is 5.37. The third kappa shape index (κ3) is 3.51. The smallest absolute Gasteiger partial charge is 0.122 e. The predicted molar refractivity (Wildman–Crippen MR) is 65.7 cm³/mol. The third-order valence-corrected chi connectivity index (χ3v) is 2.61. The Kier molecular flexibility index (Phi) is 5.29. The van der Waals surface area contributed by atoms with Crippen molar-refractivity contribution in [3.05, 3.63) is 29.3 Å². The first kappa shape index (κ1) is 13.0. The van der Waals surface area contributed by atoms with E-state index in [1.54, 1.807) is 14.2 Å². The number of nitrogens with two attached hydrogens (primary N) is 1. The van der Waals surface area contributed by atoms with Crippen LogP contribution in [0.15, 0.2) is 18.2 Å². The second kappa shape index (κ2) is 6.51. The second-order valence-corrected chi connectivity index (χ2v) is 3.87. The fourth-order valence-corrected chi connectivity index (χ4v) is 1.71. The van der Waals surface area contributed by atoms with E-state index in [1.165, 1.54) is 5.56 Å². The molecule has 0 fully saturated rings. The summed E-state index contributed by atoms with van der Waals surface area (Å²) in [5.41, 5.74) is 8.12. The van der Waals surface area contributed by atoms with Crippen molar-refractivity contribution in [2.24, 2.45) is 5.73 Å². The molecular formula is C13H21NO2. The lowest BCUT2D eigenvalue weighted by Crippen LogP contribution is -2.24. The molecule has 3 heteroatoms. The zero-order valence-corrected chi connectivity index (χ0v) is 10.3. The lowest BCUT2D eigenvalue weighted by atomic mass is 10.0. The maximum Gasteiger partial charge on any atom is 0.122 e. The monoisotopic (exact) mass is 223 g/mol. The average Bonchev–Trinajstić information content (AvgIpc) is 2.31. The molecule has 1 aromatic rings. The molecule has 1 rings (SSSR count). The summed E-state index contributed by atoms with van der Waals surface area (Å²) in [5.74, 6) is 0.947. The van der Waals surface area contributed by atoms with Gasteiger partial charge in [-0.3, -0.25) is 0 Å². The van der Waals surface area contributed by atoms with E-state index in [9.17, 15) is 0 Å². The second-order valence-electron chi connectivity index (χ2n) is 3.87. The van der Waals surface area contributed by atoms with Crippen molar-refractivity contribution < 1.29 is 9.47 Å². The van der Waals surface area contributed by atoms with Crippen LogP contribution >= 0.6 is 0 Å². The van der Waals surface area contributed by atoms with Crippen LogP contribution < -0.4 is 10.5 Å². The van der Waals surface area contributed by atoms with E-state index >= 15 is 0 Å². The molecule has 0 saturated carbocycles. The van der Waals surface area contributed by atoms with Gasteiger partial charge in [-0.25, -0.2) is 0 Å². The van der Waals surface area contributed by atoms with Crippen LogP contribution in [0.2, 0.25) is 0 Å². The molecule has 0 saturated heterocycles. The number of benzene rings is 1. The van der Waals surface area contributed by atoms with Crippen LogP contribution in [0.4, 0.5) is 0 Å². The van der Waals surface area contributed by atoms with Gasteiger partial charge in [-0.1, -0.05) is 25.5 Å². The number of hydrogen-bond acceptors (Lipinski definition) is 3. The SMILES string of the molecule is CCCc1ccc(CC(N)OC)cc1OC. The molecule has 0 aliphatic heterocycles. The highest BCUT2D eigenvalue weighted by atomic mass is 16.5. The summed E-state index contributed by atoms with van der Waals surface area (Å²) >= 11 is 0. The molecule has 0 spiro atoms. The fourth-order valence-electron chi connectivity index (χ4n) is 1.71. The maximum absolute atomic E-state index is 5.73. The van der Waals surface area contributed by atoms with Gasteiger partial charge in [0.05, 0.1) is 7.11 Å². The van der Waals surface area contributed by atoms with Crippen LogP contribution in [0.25, 0.3) is 0 Å². The van der Waals surface area contributed by atoms with Gasteiger partial charge in [0, 0.05) is 13.5 Å². The number of methoxy groups -OCH3 is 2. The molecule has 90 valence electrons. The van der Waals surface area contributed by atoms with Crippen molar-refractivity contribution in [3.63, 3.8) is 0 Å². The summed E-state index contributed by atoms with van der Waals surface area (Å²) < 4.78 is 10.4. The molecule has 0 bridgehead atoms. The minimum Gasteiger partial charge on any atom is -0.496 e. The largest absolute Gasteiger partial charge is 0.496 e. The van der Waals surface area contributed by atoms with Crippen molar-refractivity contribution in [2.75, 3.05) is 14.2 Å². The first-order valence-electron chi connectivity index (χ1n) is 5.65. The van der Waals surface area contributed by atoms with E-state index in [1.807, 2.05) is 6.07 Å². The van der Waals surface area contributed by atoms with E-state index in [4.69, 9.17) is 15.2 Å². The summed E-state index contributed by atoms with van der Waals surface area (Å²) in [4.78, 5) is 0. The molecule has 16 heavy (non-hydrogen) atoms. The Morgan fingerprint density at radius 2 is 2.06 bits per heavy atom. The van der Waals surface area contributed by atoms with Gasteiger partial charge in [0.15, 0.2) is 0 Å². The zero-order chi connectivity index (χ0) is 12.0. The van der Waals surface area contributed by atoms with Gasteiger partial charge in [0.1, 0.15) is 12.0 Å². The van der Waals surface area contributed by atoms with E-state index in [0.29, 0.717) is 6.42 Å². The summed E-state index contributed by atoms with van der Waals surface area (Å²) in [6, 6.07) is 6.25. The van der Waals surface area contributed by atoms with Crippen LogP contribution in [-0.2, 0) is 17.6 Å². The van der Waals surface area contributed by atoms with Crippen molar-refractivity contribution in [2.45, 2.75) is 32.4 Å². The van der Waals surface area contributed by atoms with Crippen molar-refractivity contribution in [3.8, 4) is 5.75 Å². The molecule has 1 aromatic carbocycles. The number of hydrogen-bond donors (Lipinski definition) is 1. The van der Waals surface area contributed by atoms with Crippen LogP contribution in [0.1, 0.15) is 24.5 Å². The fraction of sp³-hybridized carbons (Fsp3) is 0.538. The number of ether oxygens (including phenoxy) is 2. The molecule has 0 amide bonds. The Morgan fingerprint density at radius 3 is 2.62 bits per heavy atom. The Morgan fingerprint density at radius 1 is 1.31 bits per heavy atom. The van der Waals surface area contributed by atoms with Gasteiger partial charge in [0.2, 0.25) is 0 Å². The molecule has 0 aliphatic carbocycles. The Bertz CT molecular complexity index is 326. The first-order chi connectivity index (χ1) is 7.71. The summed E-state index contributed by atoms with van der Waals surface area (Å²) in [5, 5.41) is 0. The van der Waals surface area contributed by atoms with Crippen LogP contribution in [0.5, 0.6) is 5.75 Å². The Balaban J connectivity index is 2.81. The third-order valence-electron chi connectivity index (χ3n) is 2.61. The summed E-state index contributed by atoms with van der Waals surface area (Å²) in [6.07, 6.45) is 2.62. The van der Waals surface area contributed by atoms with E-state index < -0.39 is 0 Å². The average molecular weight is 223 g/mol. The van der Waals surface area contributed by atoms with Crippen LogP contribution in [-0.4, -0.2) is 20.4 Å². The van der Waals surface area contributed by atoms with Gasteiger partial charge in [0.25, 0.3) is 0 Å². The number of rotatable bonds is 6. The van der Waals surface area contributed by atoms with Crippen LogP contribution in [0.3, 0.4) is 0 Å². The topological polar surface area (TPSA) is 44.5 Å². The maximum atomic E-state index is 5.73. The van der Waals surface area contributed by atoms with Gasteiger partial charge in [-0.2, -0.15) is 0 Å². The lowest BCUT2D eigenvalue weighted by Gasteiger charge is -2.13. The van der Waals surface area contributed by atoms with Crippen molar-refractivity contribution >= 4 is 0 Å². The van der Waals surface area contributed by atoms with Gasteiger partial charge < -0.3 is 15.2 Å². The predicted octanol–water partition coefficient (Wildman–Crippen LogP) is 2.12. The molecule has 0 radical (unpaired) electrons. The molecule has 0 aliphatic rings. The highest BCUT2D eigenvalue weighted by Gasteiger charge is 2.06. The molecule has 1 atom stereocenters. The lowest BCUT2D eigenvalue weighted by molar-refractivity contribution is 0.109. The van der Waals surface area contributed by atoms with E-state index in [0.717, 1.165) is 24.2 Å².